The van der Waals surface area contributed by atoms with Crippen LogP contribution in [0.15, 0.2) is 36.4 Å². The van der Waals surface area contributed by atoms with E-state index in [9.17, 15) is 0 Å². The zero-order valence-corrected chi connectivity index (χ0v) is 17.8. The number of hydrogen-bond acceptors (Lipinski definition) is 6. The van der Waals surface area contributed by atoms with Crippen LogP contribution < -0.4 is 33.6 Å². The zero-order valence-electron chi connectivity index (χ0n) is 17.8. The van der Waals surface area contributed by atoms with Crippen LogP contribution in [0.2, 0.25) is 0 Å². The van der Waals surface area contributed by atoms with Gasteiger partial charge in [-0.15, -0.1) is 0 Å². The van der Waals surface area contributed by atoms with E-state index in [1.165, 1.54) is 0 Å². The lowest BCUT2D eigenvalue weighted by molar-refractivity contribution is 0.428. The first-order valence-corrected chi connectivity index (χ1v) is 10.3. The van der Waals surface area contributed by atoms with Crippen LogP contribution in [-0.2, 0) is 0 Å². The molecule has 2 atom stereocenters. The minimum absolute atomic E-state index is 0.0713. The van der Waals surface area contributed by atoms with Crippen molar-refractivity contribution in [1.82, 2.24) is 0 Å². The monoisotopic (exact) mass is 434 g/mol. The van der Waals surface area contributed by atoms with Gasteiger partial charge in [-0.05, 0) is 62.1 Å². The average Bonchev–Trinajstić information content (AvgIpc) is 2.74. The maximum Gasteiger partial charge on any atom is 0.124 e. The largest absolute Gasteiger partial charge is 0.384 e. The molecule has 0 spiro atoms. The van der Waals surface area contributed by atoms with Crippen molar-refractivity contribution in [1.29, 1.82) is 21.6 Å². The second-order valence-corrected chi connectivity index (χ2v) is 8.02. The third kappa shape index (κ3) is 5.15. The summed E-state index contributed by atoms with van der Waals surface area (Å²) in [6.45, 7) is 0. The van der Waals surface area contributed by atoms with Crippen molar-refractivity contribution in [2.75, 3.05) is 10.6 Å². The normalized spacial score (nSPS) is 17.9. The fraction of sp³-hybridized carbons (Fsp3) is 0.273. The smallest absolute Gasteiger partial charge is 0.124 e. The molecule has 0 radical (unpaired) electrons. The van der Waals surface area contributed by atoms with Gasteiger partial charge in [0, 0.05) is 45.7 Å². The van der Waals surface area contributed by atoms with Crippen LogP contribution in [-0.4, -0.2) is 35.4 Å². The molecule has 0 bridgehead atoms. The predicted molar refractivity (Wildman–Crippen MR) is 130 cm³/mol. The lowest BCUT2D eigenvalue weighted by Crippen LogP contribution is -2.35. The molecule has 3 rings (SSSR count). The number of hydrogen-bond donors (Lipinski definition) is 10. The summed E-state index contributed by atoms with van der Waals surface area (Å²) in [4.78, 5) is 0. The van der Waals surface area contributed by atoms with E-state index in [1.807, 2.05) is 0 Å². The lowest BCUT2D eigenvalue weighted by atomic mass is 9.90. The molecular formula is C22H30N10. The van der Waals surface area contributed by atoms with E-state index in [2.05, 4.69) is 10.6 Å². The molecule has 1 aliphatic rings. The van der Waals surface area contributed by atoms with Gasteiger partial charge in [0.25, 0.3) is 0 Å². The van der Waals surface area contributed by atoms with Gasteiger partial charge in [0.2, 0.25) is 0 Å². The maximum atomic E-state index is 7.89. The summed E-state index contributed by atoms with van der Waals surface area (Å²) in [6, 6.07) is 10.7. The van der Waals surface area contributed by atoms with E-state index in [4.69, 9.17) is 44.6 Å². The molecule has 0 heterocycles. The van der Waals surface area contributed by atoms with Gasteiger partial charge in [-0.1, -0.05) is 0 Å². The van der Waals surface area contributed by atoms with Gasteiger partial charge in [0.05, 0.1) is 0 Å². The molecule has 168 valence electrons. The molecule has 10 nitrogen and oxygen atoms in total. The third-order valence-electron chi connectivity index (χ3n) is 5.63. The first-order valence-electron chi connectivity index (χ1n) is 10.3. The molecular weight excluding hydrogens is 404 g/mol. The van der Waals surface area contributed by atoms with Crippen molar-refractivity contribution in [2.45, 2.75) is 37.8 Å². The molecule has 1 fully saturated rings. The molecule has 10 heteroatoms. The molecule has 32 heavy (non-hydrogen) atoms. The van der Waals surface area contributed by atoms with Gasteiger partial charge in [0.1, 0.15) is 23.3 Å². The Balaban J connectivity index is 1.76. The van der Waals surface area contributed by atoms with Gasteiger partial charge in [0.15, 0.2) is 0 Å². The number of nitrogens with one attached hydrogen (secondary N) is 6. The first-order chi connectivity index (χ1) is 15.2. The molecule has 0 aliphatic heterocycles. The molecule has 0 saturated heterocycles. The fourth-order valence-corrected chi connectivity index (χ4v) is 4.01. The number of rotatable bonds is 8. The van der Waals surface area contributed by atoms with E-state index in [1.54, 1.807) is 36.4 Å². The molecule has 1 aliphatic carbocycles. The predicted octanol–water partition coefficient (Wildman–Crippen LogP) is 1.66. The Hall–Kier alpha value is -4.08. The Morgan fingerprint density at radius 2 is 1.06 bits per heavy atom. The highest BCUT2D eigenvalue weighted by molar-refractivity contribution is 6.05. The van der Waals surface area contributed by atoms with E-state index in [0.29, 0.717) is 22.3 Å². The minimum Gasteiger partial charge on any atom is -0.384 e. The van der Waals surface area contributed by atoms with E-state index in [-0.39, 0.29) is 35.4 Å². The Bertz CT molecular complexity index is 991. The SMILES string of the molecule is N=C(N)c1ccc(N[C@@H]2CCC[C@H](Nc3ccc(C(=N)N)cc3C(=N)N)C2)c(C(=N)N)c1. The van der Waals surface area contributed by atoms with E-state index < -0.39 is 0 Å². The molecule has 0 amide bonds. The Kier molecular flexibility index (Phi) is 6.62. The molecule has 1 saturated carbocycles. The van der Waals surface area contributed by atoms with Crippen LogP contribution in [0.4, 0.5) is 11.4 Å². The fourth-order valence-electron chi connectivity index (χ4n) is 4.01. The highest BCUT2D eigenvalue weighted by Gasteiger charge is 2.24. The lowest BCUT2D eigenvalue weighted by Gasteiger charge is -2.32. The van der Waals surface area contributed by atoms with Crippen LogP contribution in [0.5, 0.6) is 0 Å². The maximum absolute atomic E-state index is 7.89. The van der Waals surface area contributed by atoms with Crippen LogP contribution in [0.25, 0.3) is 0 Å². The van der Waals surface area contributed by atoms with Crippen molar-refractivity contribution < 1.29 is 0 Å². The first kappa shape index (κ1) is 22.6. The van der Waals surface area contributed by atoms with Crippen molar-refractivity contribution in [3.05, 3.63) is 58.7 Å². The summed E-state index contributed by atoms with van der Waals surface area (Å²) in [7, 11) is 0. The number of amidine groups is 4. The van der Waals surface area contributed by atoms with Crippen molar-refractivity contribution in [3.8, 4) is 0 Å². The van der Waals surface area contributed by atoms with Gasteiger partial charge in [-0.2, -0.15) is 0 Å². The molecule has 0 unspecified atom stereocenters. The quantitative estimate of drug-likeness (QED) is 0.219. The highest BCUT2D eigenvalue weighted by Crippen LogP contribution is 2.28. The number of nitrogens with two attached hydrogens (primary N) is 4. The summed E-state index contributed by atoms with van der Waals surface area (Å²) >= 11 is 0. The average molecular weight is 435 g/mol. The number of benzene rings is 2. The molecule has 2 aromatic carbocycles. The van der Waals surface area contributed by atoms with E-state index in [0.717, 1.165) is 37.1 Å². The minimum atomic E-state index is -0.0854. The number of nitrogen functional groups attached to an aromatic ring is 4. The Morgan fingerprint density at radius 1 is 0.656 bits per heavy atom. The standard InChI is InChI=1S/C22H30N10/c23-19(24)11-4-6-17(15(8-11)21(27)28)31-13-2-1-3-14(10-13)32-18-7-5-12(20(25)26)9-16(18)22(29)30/h4-9,13-14,31-32H,1-3,10H2,(H3,23,24)(H3,25,26)(H3,27,28)(H3,29,30)/t13-,14+. The van der Waals surface area contributed by atoms with Crippen LogP contribution >= 0.6 is 0 Å². The number of anilines is 2. The third-order valence-corrected chi connectivity index (χ3v) is 5.63. The Morgan fingerprint density at radius 3 is 1.41 bits per heavy atom. The van der Waals surface area contributed by atoms with Gasteiger partial charge in [-0.3, -0.25) is 21.6 Å². The van der Waals surface area contributed by atoms with E-state index >= 15 is 0 Å². The molecule has 14 N–H and O–H groups in total. The van der Waals surface area contributed by atoms with Crippen molar-refractivity contribution in [3.63, 3.8) is 0 Å². The second-order valence-electron chi connectivity index (χ2n) is 8.02. The zero-order chi connectivity index (χ0) is 23.4. The summed E-state index contributed by atoms with van der Waals surface area (Å²) in [5.74, 6) is -0.313. The molecule has 0 aromatic heterocycles. The van der Waals surface area contributed by atoms with Crippen molar-refractivity contribution >= 4 is 34.7 Å². The van der Waals surface area contributed by atoms with Crippen LogP contribution in [0.1, 0.15) is 47.9 Å². The van der Waals surface area contributed by atoms with Gasteiger partial charge < -0.3 is 33.6 Å². The Labute approximate surface area is 186 Å². The summed E-state index contributed by atoms with van der Waals surface area (Å²) < 4.78 is 0. The summed E-state index contributed by atoms with van der Waals surface area (Å²) in [5.41, 5.74) is 26.2. The van der Waals surface area contributed by atoms with Gasteiger partial charge in [-0.25, -0.2) is 0 Å². The topological polar surface area (TPSA) is 224 Å². The summed E-state index contributed by atoms with van der Waals surface area (Å²) in [5, 5.41) is 38.0. The van der Waals surface area contributed by atoms with Crippen molar-refractivity contribution in [2.24, 2.45) is 22.9 Å². The van der Waals surface area contributed by atoms with Gasteiger partial charge >= 0.3 is 0 Å². The second kappa shape index (κ2) is 9.38. The highest BCUT2D eigenvalue weighted by atomic mass is 15.0. The van der Waals surface area contributed by atoms with Crippen LogP contribution in [0, 0.1) is 21.6 Å². The summed E-state index contributed by atoms with van der Waals surface area (Å²) in [6.07, 6.45) is 3.74. The van der Waals surface area contributed by atoms with Crippen LogP contribution in [0.3, 0.4) is 0 Å². The molecule has 2 aromatic rings.